The summed E-state index contributed by atoms with van der Waals surface area (Å²) < 4.78 is 11.6. The highest BCUT2D eigenvalue weighted by Crippen LogP contribution is 2.10. The van der Waals surface area contributed by atoms with E-state index in [9.17, 15) is 9.00 Å². The lowest BCUT2D eigenvalue weighted by Gasteiger charge is -2.10. The zero-order chi connectivity index (χ0) is 12.7. The number of carbonyl (C=O) groups is 1. The summed E-state index contributed by atoms with van der Waals surface area (Å²) in [5, 5.41) is 8.10. The lowest BCUT2D eigenvalue weighted by Crippen LogP contribution is -2.27. The maximum Gasteiger partial charge on any atom is 0.319 e. The highest BCUT2D eigenvalue weighted by Gasteiger charge is 2.23. The Balaban J connectivity index is 2.60. The van der Waals surface area contributed by atoms with Crippen LogP contribution in [-0.2, 0) is 22.0 Å². The minimum absolute atomic E-state index is 0.00818. The van der Waals surface area contributed by atoms with Crippen LogP contribution in [-0.4, -0.2) is 26.3 Å². The van der Waals surface area contributed by atoms with Gasteiger partial charge in [-0.05, 0) is 18.4 Å². The molecule has 0 amide bonds. The van der Waals surface area contributed by atoms with Gasteiger partial charge in [0.05, 0.1) is 5.75 Å². The van der Waals surface area contributed by atoms with Crippen LogP contribution in [0.1, 0.15) is 12.0 Å². The van der Waals surface area contributed by atoms with Crippen LogP contribution >= 0.6 is 0 Å². The van der Waals surface area contributed by atoms with E-state index in [4.69, 9.17) is 11.5 Å². The molecule has 1 N–H and O–H groups in total. The maximum absolute atomic E-state index is 11.6. The summed E-state index contributed by atoms with van der Waals surface area (Å²) in [6.07, 6.45) is 5.97. The lowest BCUT2D eigenvalue weighted by molar-refractivity contribution is -0.136. The van der Waals surface area contributed by atoms with Gasteiger partial charge in [0.25, 0.3) is 0 Å². The normalized spacial score (nSPS) is 13.6. The zero-order valence-corrected chi connectivity index (χ0v) is 10.2. The van der Waals surface area contributed by atoms with E-state index in [0.29, 0.717) is 12.8 Å². The Morgan fingerprint density at radius 1 is 1.41 bits per heavy atom. The minimum Gasteiger partial charge on any atom is -0.480 e. The van der Waals surface area contributed by atoms with E-state index >= 15 is 0 Å². The van der Waals surface area contributed by atoms with Gasteiger partial charge in [0.2, 0.25) is 0 Å². The van der Waals surface area contributed by atoms with Crippen molar-refractivity contribution >= 4 is 16.8 Å². The van der Waals surface area contributed by atoms with Gasteiger partial charge < -0.3 is 5.11 Å². The number of aliphatic carboxylic acids is 1. The Labute approximate surface area is 103 Å². The third-order valence-electron chi connectivity index (χ3n) is 2.36. The number of benzene rings is 1. The predicted octanol–water partition coefficient (Wildman–Crippen LogP) is 1.45. The fourth-order valence-electron chi connectivity index (χ4n) is 1.49. The number of hydrogen-bond donors (Lipinski definition) is 1. The van der Waals surface area contributed by atoms with Crippen molar-refractivity contribution < 1.29 is 14.1 Å². The van der Waals surface area contributed by atoms with Crippen molar-refractivity contribution in [1.82, 2.24) is 0 Å². The molecule has 0 heterocycles. The molecule has 0 aliphatic heterocycles. The van der Waals surface area contributed by atoms with E-state index in [2.05, 4.69) is 5.92 Å². The van der Waals surface area contributed by atoms with Crippen molar-refractivity contribution in [3.8, 4) is 12.3 Å². The Hall–Kier alpha value is -1.60. The second kappa shape index (κ2) is 6.87. The summed E-state index contributed by atoms with van der Waals surface area (Å²) in [5.74, 6) is 1.18. The number of carboxylic acids is 1. The van der Waals surface area contributed by atoms with Gasteiger partial charge in [-0.3, -0.25) is 9.00 Å². The van der Waals surface area contributed by atoms with E-state index in [1.54, 1.807) is 0 Å². The fourth-order valence-corrected chi connectivity index (χ4v) is 2.46. The molecule has 17 heavy (non-hydrogen) atoms. The van der Waals surface area contributed by atoms with Gasteiger partial charge in [0, 0.05) is 10.8 Å². The molecular formula is C13H14O3S. The van der Waals surface area contributed by atoms with Crippen LogP contribution in [0.5, 0.6) is 0 Å². The quantitative estimate of drug-likeness (QED) is 0.778. The SMILES string of the molecule is C#CCS(=O)C(CCc1ccccc1)C(=O)O. The lowest BCUT2D eigenvalue weighted by atomic mass is 10.1. The van der Waals surface area contributed by atoms with Crippen molar-refractivity contribution in [1.29, 1.82) is 0 Å². The second-order valence-electron chi connectivity index (χ2n) is 3.58. The summed E-state index contributed by atoms with van der Waals surface area (Å²) in [6, 6.07) is 9.52. The third kappa shape index (κ3) is 4.41. The molecule has 1 aromatic rings. The van der Waals surface area contributed by atoms with E-state index in [0.717, 1.165) is 5.56 Å². The van der Waals surface area contributed by atoms with E-state index in [1.807, 2.05) is 30.3 Å². The molecule has 0 saturated heterocycles. The van der Waals surface area contributed by atoms with Gasteiger partial charge in [0.1, 0.15) is 5.25 Å². The first kappa shape index (κ1) is 13.5. The van der Waals surface area contributed by atoms with Crippen molar-refractivity contribution in [3.63, 3.8) is 0 Å². The molecule has 0 saturated carbocycles. The van der Waals surface area contributed by atoms with Crippen molar-refractivity contribution in [2.24, 2.45) is 0 Å². The predicted molar refractivity (Wildman–Crippen MR) is 68.0 cm³/mol. The topological polar surface area (TPSA) is 54.4 Å². The molecule has 0 aliphatic rings. The number of rotatable bonds is 6. The van der Waals surface area contributed by atoms with Gasteiger partial charge >= 0.3 is 5.97 Å². The highest BCUT2D eigenvalue weighted by atomic mass is 32.2. The van der Waals surface area contributed by atoms with Crippen LogP contribution in [0.4, 0.5) is 0 Å². The van der Waals surface area contributed by atoms with Crippen LogP contribution in [0.3, 0.4) is 0 Å². The summed E-state index contributed by atoms with van der Waals surface area (Å²) in [7, 11) is -1.50. The first-order valence-corrected chi connectivity index (χ1v) is 6.60. The zero-order valence-electron chi connectivity index (χ0n) is 9.33. The van der Waals surface area contributed by atoms with E-state index in [-0.39, 0.29) is 5.75 Å². The van der Waals surface area contributed by atoms with Crippen molar-refractivity contribution in [2.75, 3.05) is 5.75 Å². The first-order valence-electron chi connectivity index (χ1n) is 5.22. The molecule has 0 spiro atoms. The fraction of sp³-hybridized carbons (Fsp3) is 0.308. The molecule has 2 unspecified atom stereocenters. The molecule has 3 nitrogen and oxygen atoms in total. The van der Waals surface area contributed by atoms with E-state index < -0.39 is 22.0 Å². The third-order valence-corrected chi connectivity index (χ3v) is 3.88. The molecule has 1 rings (SSSR count). The summed E-state index contributed by atoms with van der Waals surface area (Å²) >= 11 is 0. The summed E-state index contributed by atoms with van der Waals surface area (Å²) in [5.41, 5.74) is 1.04. The van der Waals surface area contributed by atoms with Gasteiger partial charge in [-0.25, -0.2) is 0 Å². The smallest absolute Gasteiger partial charge is 0.319 e. The highest BCUT2D eigenvalue weighted by molar-refractivity contribution is 7.86. The molecular weight excluding hydrogens is 236 g/mol. The first-order chi connectivity index (χ1) is 8.15. The van der Waals surface area contributed by atoms with Crippen LogP contribution in [0.2, 0.25) is 0 Å². The Bertz CT molecular complexity index is 434. The molecule has 2 atom stereocenters. The van der Waals surface area contributed by atoms with E-state index in [1.165, 1.54) is 0 Å². The number of aryl methyl sites for hydroxylation is 1. The monoisotopic (exact) mass is 250 g/mol. The number of terminal acetylenes is 1. The van der Waals surface area contributed by atoms with Gasteiger partial charge in [0.15, 0.2) is 0 Å². The van der Waals surface area contributed by atoms with Crippen molar-refractivity contribution in [3.05, 3.63) is 35.9 Å². The van der Waals surface area contributed by atoms with Gasteiger partial charge in [-0.2, -0.15) is 0 Å². The molecule has 0 fully saturated rings. The van der Waals surface area contributed by atoms with Crippen LogP contribution in [0.25, 0.3) is 0 Å². The Morgan fingerprint density at radius 3 is 2.59 bits per heavy atom. The average molecular weight is 250 g/mol. The standard InChI is InChI=1S/C13H14O3S/c1-2-10-17(16)12(13(14)15)9-8-11-6-4-3-5-7-11/h1,3-7,12H,8-10H2,(H,14,15). The van der Waals surface area contributed by atoms with Crippen molar-refractivity contribution in [2.45, 2.75) is 18.1 Å². The van der Waals surface area contributed by atoms with Crippen LogP contribution < -0.4 is 0 Å². The van der Waals surface area contributed by atoms with Gasteiger partial charge in [-0.1, -0.05) is 36.3 Å². The molecule has 90 valence electrons. The number of hydrogen-bond acceptors (Lipinski definition) is 2. The van der Waals surface area contributed by atoms with Crippen LogP contribution in [0.15, 0.2) is 30.3 Å². The molecule has 0 radical (unpaired) electrons. The summed E-state index contributed by atoms with van der Waals surface area (Å²) in [6.45, 7) is 0. The second-order valence-corrected chi connectivity index (χ2v) is 5.20. The summed E-state index contributed by atoms with van der Waals surface area (Å²) in [4.78, 5) is 11.0. The van der Waals surface area contributed by atoms with Gasteiger partial charge in [-0.15, -0.1) is 6.42 Å². The minimum atomic E-state index is -1.50. The maximum atomic E-state index is 11.6. The molecule has 0 aliphatic carbocycles. The average Bonchev–Trinajstić information content (AvgIpc) is 2.30. The molecule has 0 aromatic heterocycles. The number of carboxylic acid groups (broad SMARTS) is 1. The molecule has 4 heteroatoms. The largest absolute Gasteiger partial charge is 0.480 e. The van der Waals surface area contributed by atoms with Crippen LogP contribution in [0, 0.1) is 12.3 Å². The molecule has 1 aromatic carbocycles. The molecule has 0 bridgehead atoms. The Morgan fingerprint density at radius 2 is 2.06 bits per heavy atom. The Kier molecular flexibility index (Phi) is 5.44.